The molecule has 1 heterocycles. The number of hydrogen-bond acceptors (Lipinski definition) is 5. The van der Waals surface area contributed by atoms with Gasteiger partial charge in [-0.2, -0.15) is 0 Å². The van der Waals surface area contributed by atoms with Crippen LogP contribution in [-0.2, 0) is 0 Å². The molecule has 1 rings (SSSR count). The van der Waals surface area contributed by atoms with Gasteiger partial charge in [-0.05, 0) is 33.5 Å². The van der Waals surface area contributed by atoms with Crippen molar-refractivity contribution in [2.75, 3.05) is 38.2 Å². The molecule has 3 N–H and O–H groups in total. The first kappa shape index (κ1) is 11.7. The molecule has 15 heavy (non-hydrogen) atoms. The van der Waals surface area contributed by atoms with Gasteiger partial charge in [-0.3, -0.25) is 4.98 Å². The standard InChI is InChI=1S/C10H19N5/c1-15(2)6-4-3-5-13-10-8-12-7-9(11)14-10/h7-8H,3-6H2,1-2H3,(H3,11,13,14). The van der Waals surface area contributed by atoms with Crippen LogP contribution in [0.15, 0.2) is 12.4 Å². The zero-order chi connectivity index (χ0) is 11.1. The number of hydrogen-bond donors (Lipinski definition) is 2. The van der Waals surface area contributed by atoms with Crippen LogP contribution in [0.5, 0.6) is 0 Å². The molecule has 0 aliphatic carbocycles. The van der Waals surface area contributed by atoms with Gasteiger partial charge in [-0.25, -0.2) is 4.98 Å². The highest BCUT2D eigenvalue weighted by atomic mass is 15.1. The third-order valence-electron chi connectivity index (χ3n) is 1.99. The van der Waals surface area contributed by atoms with E-state index in [2.05, 4.69) is 34.3 Å². The predicted octanol–water partition coefficient (Wildman–Crippen LogP) is 0.812. The van der Waals surface area contributed by atoms with Gasteiger partial charge in [-0.15, -0.1) is 0 Å². The minimum absolute atomic E-state index is 0.452. The molecule has 1 aromatic heterocycles. The quantitative estimate of drug-likeness (QED) is 0.679. The van der Waals surface area contributed by atoms with Crippen molar-refractivity contribution in [1.82, 2.24) is 14.9 Å². The fourth-order valence-electron chi connectivity index (χ4n) is 1.24. The molecular formula is C10H19N5. The molecule has 1 aromatic rings. The van der Waals surface area contributed by atoms with E-state index in [1.807, 2.05) is 0 Å². The van der Waals surface area contributed by atoms with E-state index in [1.54, 1.807) is 6.20 Å². The van der Waals surface area contributed by atoms with Gasteiger partial charge in [-0.1, -0.05) is 0 Å². The summed E-state index contributed by atoms with van der Waals surface area (Å²) in [6, 6.07) is 0. The third-order valence-corrected chi connectivity index (χ3v) is 1.99. The number of aromatic nitrogens is 2. The molecule has 0 bridgehead atoms. The van der Waals surface area contributed by atoms with Gasteiger partial charge in [0.1, 0.15) is 11.6 Å². The van der Waals surface area contributed by atoms with Crippen LogP contribution in [0.25, 0.3) is 0 Å². The van der Waals surface area contributed by atoms with Gasteiger partial charge >= 0.3 is 0 Å². The molecule has 0 radical (unpaired) electrons. The molecule has 0 aromatic carbocycles. The maximum Gasteiger partial charge on any atom is 0.146 e. The van der Waals surface area contributed by atoms with Gasteiger partial charge in [0.2, 0.25) is 0 Å². The van der Waals surface area contributed by atoms with Crippen molar-refractivity contribution in [3.05, 3.63) is 12.4 Å². The van der Waals surface area contributed by atoms with Crippen molar-refractivity contribution in [2.24, 2.45) is 0 Å². The molecule has 0 amide bonds. The largest absolute Gasteiger partial charge is 0.382 e. The minimum Gasteiger partial charge on any atom is -0.382 e. The fraction of sp³-hybridized carbons (Fsp3) is 0.600. The van der Waals surface area contributed by atoms with Crippen molar-refractivity contribution in [3.8, 4) is 0 Å². The summed E-state index contributed by atoms with van der Waals surface area (Å²) in [5, 5.41) is 3.19. The van der Waals surface area contributed by atoms with E-state index >= 15 is 0 Å². The lowest BCUT2D eigenvalue weighted by Gasteiger charge is -2.09. The van der Waals surface area contributed by atoms with Crippen LogP contribution in [0.4, 0.5) is 11.6 Å². The number of unbranched alkanes of at least 4 members (excludes halogenated alkanes) is 1. The van der Waals surface area contributed by atoms with E-state index in [1.165, 1.54) is 12.6 Å². The maximum atomic E-state index is 5.51. The average molecular weight is 209 g/mol. The molecule has 0 atom stereocenters. The summed E-state index contributed by atoms with van der Waals surface area (Å²) < 4.78 is 0. The Morgan fingerprint density at radius 3 is 2.80 bits per heavy atom. The Morgan fingerprint density at radius 1 is 1.33 bits per heavy atom. The van der Waals surface area contributed by atoms with Crippen LogP contribution in [0.1, 0.15) is 12.8 Å². The SMILES string of the molecule is CN(C)CCCCNc1cncc(N)n1. The van der Waals surface area contributed by atoms with Crippen LogP contribution in [0.3, 0.4) is 0 Å². The molecule has 5 heteroatoms. The Kier molecular flexibility index (Phi) is 4.83. The second-order valence-electron chi connectivity index (χ2n) is 3.77. The summed E-state index contributed by atoms with van der Waals surface area (Å²) in [5.74, 6) is 1.20. The van der Waals surface area contributed by atoms with E-state index < -0.39 is 0 Å². The first-order chi connectivity index (χ1) is 7.18. The Bertz CT molecular complexity index is 287. The molecule has 84 valence electrons. The second kappa shape index (κ2) is 6.19. The van der Waals surface area contributed by atoms with Crippen molar-refractivity contribution in [3.63, 3.8) is 0 Å². The first-order valence-electron chi connectivity index (χ1n) is 5.14. The lowest BCUT2D eigenvalue weighted by Crippen LogP contribution is -2.14. The number of nitrogens with one attached hydrogen (secondary N) is 1. The van der Waals surface area contributed by atoms with Crippen LogP contribution < -0.4 is 11.1 Å². The molecule has 0 fully saturated rings. The van der Waals surface area contributed by atoms with Gasteiger partial charge in [0, 0.05) is 6.54 Å². The summed E-state index contributed by atoms with van der Waals surface area (Å²) in [7, 11) is 4.16. The molecule has 0 unspecified atom stereocenters. The summed E-state index contributed by atoms with van der Waals surface area (Å²) in [6.07, 6.45) is 5.52. The van der Waals surface area contributed by atoms with E-state index in [0.29, 0.717) is 5.82 Å². The number of nitrogens with two attached hydrogens (primary N) is 1. The Hall–Kier alpha value is -1.36. The maximum absolute atomic E-state index is 5.51. The van der Waals surface area contributed by atoms with E-state index in [0.717, 1.165) is 25.3 Å². The zero-order valence-electron chi connectivity index (χ0n) is 9.40. The molecule has 0 saturated heterocycles. The average Bonchev–Trinajstić information content (AvgIpc) is 2.17. The van der Waals surface area contributed by atoms with Crippen LogP contribution in [-0.4, -0.2) is 42.1 Å². The monoisotopic (exact) mass is 209 g/mol. The van der Waals surface area contributed by atoms with E-state index in [9.17, 15) is 0 Å². The number of nitrogen functional groups attached to an aromatic ring is 1. The number of nitrogens with zero attached hydrogens (tertiary/aromatic N) is 3. The first-order valence-corrected chi connectivity index (χ1v) is 5.14. The van der Waals surface area contributed by atoms with Gasteiger partial charge in [0.05, 0.1) is 12.4 Å². The van der Waals surface area contributed by atoms with Crippen LogP contribution >= 0.6 is 0 Å². The van der Waals surface area contributed by atoms with Crippen molar-refractivity contribution in [1.29, 1.82) is 0 Å². The van der Waals surface area contributed by atoms with E-state index in [-0.39, 0.29) is 0 Å². The Labute approximate surface area is 90.7 Å². The summed E-state index contributed by atoms with van der Waals surface area (Å²) >= 11 is 0. The Morgan fingerprint density at radius 2 is 2.13 bits per heavy atom. The Balaban J connectivity index is 2.15. The molecule has 0 spiro atoms. The lowest BCUT2D eigenvalue weighted by atomic mass is 10.3. The fourth-order valence-corrected chi connectivity index (χ4v) is 1.24. The highest BCUT2D eigenvalue weighted by Crippen LogP contribution is 2.03. The smallest absolute Gasteiger partial charge is 0.146 e. The topological polar surface area (TPSA) is 67.1 Å². The summed E-state index contributed by atoms with van der Waals surface area (Å²) in [6.45, 7) is 2.02. The van der Waals surface area contributed by atoms with Crippen LogP contribution in [0, 0.1) is 0 Å². The molecule has 0 saturated carbocycles. The van der Waals surface area contributed by atoms with Crippen LogP contribution in [0.2, 0.25) is 0 Å². The lowest BCUT2D eigenvalue weighted by molar-refractivity contribution is 0.396. The number of rotatable bonds is 6. The van der Waals surface area contributed by atoms with Crippen molar-refractivity contribution < 1.29 is 0 Å². The zero-order valence-corrected chi connectivity index (χ0v) is 9.40. The van der Waals surface area contributed by atoms with Crippen molar-refractivity contribution >= 4 is 11.6 Å². The van der Waals surface area contributed by atoms with Gasteiger partial charge in [0.15, 0.2) is 0 Å². The highest BCUT2D eigenvalue weighted by molar-refractivity contribution is 5.37. The predicted molar refractivity (Wildman–Crippen MR) is 62.7 cm³/mol. The molecular weight excluding hydrogens is 190 g/mol. The molecule has 5 nitrogen and oxygen atoms in total. The second-order valence-corrected chi connectivity index (χ2v) is 3.77. The summed E-state index contributed by atoms with van der Waals surface area (Å²) in [4.78, 5) is 10.2. The number of anilines is 2. The molecule has 0 aliphatic heterocycles. The third kappa shape index (κ3) is 5.17. The summed E-state index contributed by atoms with van der Waals surface area (Å²) in [5.41, 5.74) is 5.51. The normalized spacial score (nSPS) is 10.6. The van der Waals surface area contributed by atoms with E-state index in [4.69, 9.17) is 5.73 Å². The molecule has 0 aliphatic rings. The van der Waals surface area contributed by atoms with Gasteiger partial charge < -0.3 is 16.0 Å². The van der Waals surface area contributed by atoms with Crippen molar-refractivity contribution in [2.45, 2.75) is 12.8 Å². The highest BCUT2D eigenvalue weighted by Gasteiger charge is 1.95. The minimum atomic E-state index is 0.452. The van der Waals surface area contributed by atoms with Gasteiger partial charge in [0.25, 0.3) is 0 Å².